The van der Waals surface area contributed by atoms with Gasteiger partial charge in [-0.25, -0.2) is 4.98 Å². The lowest BCUT2D eigenvalue weighted by Crippen LogP contribution is -2.54. The van der Waals surface area contributed by atoms with Gasteiger partial charge in [-0.1, -0.05) is 25.6 Å². The van der Waals surface area contributed by atoms with E-state index in [1.54, 1.807) is 0 Å². The van der Waals surface area contributed by atoms with Crippen LogP contribution in [-0.4, -0.2) is 47.1 Å². The van der Waals surface area contributed by atoms with Gasteiger partial charge in [-0.3, -0.25) is 4.90 Å². The summed E-state index contributed by atoms with van der Waals surface area (Å²) in [6.07, 6.45) is 4.02. The van der Waals surface area contributed by atoms with Gasteiger partial charge in [0, 0.05) is 36.8 Å². The van der Waals surface area contributed by atoms with Crippen molar-refractivity contribution in [3.05, 3.63) is 22.3 Å². The van der Waals surface area contributed by atoms with E-state index in [9.17, 15) is 0 Å². The smallest absolute Gasteiger partial charge is 0.131 e. The zero-order valence-corrected chi connectivity index (χ0v) is 15.1. The molecule has 0 aliphatic carbocycles. The predicted molar refractivity (Wildman–Crippen MR) is 95.9 cm³/mol. The van der Waals surface area contributed by atoms with Crippen LogP contribution in [0.5, 0.6) is 0 Å². The summed E-state index contributed by atoms with van der Waals surface area (Å²) in [6, 6.07) is 2.36. The number of hydrogen-bond acceptors (Lipinski definition) is 4. The second kappa shape index (κ2) is 7.51. The summed E-state index contributed by atoms with van der Waals surface area (Å²) in [5.74, 6) is 1.08. The summed E-state index contributed by atoms with van der Waals surface area (Å²) in [6.45, 7) is 8.19. The Morgan fingerprint density at radius 2 is 2.10 bits per heavy atom. The molecule has 6 heteroatoms. The molecule has 0 bridgehead atoms. The quantitative estimate of drug-likeness (QED) is 0.807. The van der Waals surface area contributed by atoms with Gasteiger partial charge in [-0.2, -0.15) is 0 Å². The molecule has 2 rings (SSSR count). The number of thiocarbonyl (C=S) groups is 1. The van der Waals surface area contributed by atoms with Gasteiger partial charge in [0.15, 0.2) is 0 Å². The van der Waals surface area contributed by atoms with E-state index >= 15 is 0 Å². The molecule has 1 aromatic heterocycles. The molecule has 1 aliphatic rings. The highest BCUT2D eigenvalue weighted by Gasteiger charge is 2.26. The van der Waals surface area contributed by atoms with Crippen molar-refractivity contribution in [3.63, 3.8) is 0 Å². The van der Waals surface area contributed by atoms with E-state index in [-0.39, 0.29) is 6.04 Å². The monoisotopic (exact) mass is 370 g/mol. The molecule has 2 heterocycles. The average Bonchev–Trinajstić information content (AvgIpc) is 2.45. The van der Waals surface area contributed by atoms with E-state index in [4.69, 9.17) is 18.0 Å². The SMILES string of the molecule is CCCC(C(N)=S)N1CCN(c2ncc(Br)cc2C)CC1. The Morgan fingerprint density at radius 1 is 1.43 bits per heavy atom. The first-order chi connectivity index (χ1) is 10.0. The van der Waals surface area contributed by atoms with Crippen LogP contribution in [0.1, 0.15) is 25.3 Å². The highest BCUT2D eigenvalue weighted by atomic mass is 79.9. The minimum absolute atomic E-state index is 0.242. The van der Waals surface area contributed by atoms with Crippen molar-refractivity contribution in [1.82, 2.24) is 9.88 Å². The van der Waals surface area contributed by atoms with E-state index in [0.29, 0.717) is 4.99 Å². The second-order valence-electron chi connectivity index (χ2n) is 5.52. The molecule has 0 saturated carbocycles. The number of rotatable bonds is 5. The number of nitrogens with zero attached hydrogens (tertiary/aromatic N) is 3. The van der Waals surface area contributed by atoms with Crippen LogP contribution in [0.3, 0.4) is 0 Å². The molecule has 0 radical (unpaired) electrons. The van der Waals surface area contributed by atoms with E-state index in [1.807, 2.05) is 6.20 Å². The largest absolute Gasteiger partial charge is 0.392 e. The Hall–Kier alpha value is -0.720. The molecule has 1 atom stereocenters. The zero-order chi connectivity index (χ0) is 15.4. The first-order valence-electron chi connectivity index (χ1n) is 7.43. The van der Waals surface area contributed by atoms with Crippen LogP contribution in [0.2, 0.25) is 0 Å². The van der Waals surface area contributed by atoms with Crippen LogP contribution in [0.25, 0.3) is 0 Å². The number of aromatic nitrogens is 1. The molecule has 1 aliphatic heterocycles. The van der Waals surface area contributed by atoms with Crippen molar-refractivity contribution >= 4 is 39.0 Å². The maximum Gasteiger partial charge on any atom is 0.131 e. The van der Waals surface area contributed by atoms with E-state index in [1.165, 1.54) is 5.56 Å². The fourth-order valence-electron chi connectivity index (χ4n) is 2.89. The summed E-state index contributed by atoms with van der Waals surface area (Å²) in [5, 5.41) is 0. The van der Waals surface area contributed by atoms with Crippen LogP contribution in [-0.2, 0) is 0 Å². The van der Waals surface area contributed by atoms with E-state index < -0.39 is 0 Å². The molecule has 1 unspecified atom stereocenters. The highest BCUT2D eigenvalue weighted by Crippen LogP contribution is 2.22. The van der Waals surface area contributed by atoms with Crippen LogP contribution in [0.4, 0.5) is 5.82 Å². The highest BCUT2D eigenvalue weighted by molar-refractivity contribution is 9.10. The molecule has 4 nitrogen and oxygen atoms in total. The molecule has 1 aromatic rings. The van der Waals surface area contributed by atoms with Gasteiger partial charge in [0.25, 0.3) is 0 Å². The maximum absolute atomic E-state index is 5.90. The number of halogens is 1. The number of anilines is 1. The Bertz CT molecular complexity index is 500. The summed E-state index contributed by atoms with van der Waals surface area (Å²) < 4.78 is 1.03. The van der Waals surface area contributed by atoms with Gasteiger partial charge in [-0.05, 0) is 40.9 Å². The number of aryl methyl sites for hydroxylation is 1. The summed E-state index contributed by atoms with van der Waals surface area (Å²) in [4.78, 5) is 9.94. The third kappa shape index (κ3) is 4.14. The number of hydrogen-bond donors (Lipinski definition) is 1. The summed E-state index contributed by atoms with van der Waals surface area (Å²) in [5.41, 5.74) is 7.10. The van der Waals surface area contributed by atoms with Crippen molar-refractivity contribution in [2.75, 3.05) is 31.1 Å². The van der Waals surface area contributed by atoms with Crippen molar-refractivity contribution in [3.8, 4) is 0 Å². The second-order valence-corrected chi connectivity index (χ2v) is 6.91. The first-order valence-corrected chi connectivity index (χ1v) is 8.63. The number of nitrogens with two attached hydrogens (primary N) is 1. The Morgan fingerprint density at radius 3 is 2.62 bits per heavy atom. The Labute approximate surface area is 140 Å². The Kier molecular flexibility index (Phi) is 5.96. The third-order valence-electron chi connectivity index (χ3n) is 3.96. The van der Waals surface area contributed by atoms with Crippen LogP contribution < -0.4 is 10.6 Å². The van der Waals surface area contributed by atoms with Gasteiger partial charge < -0.3 is 10.6 Å². The fourth-order valence-corrected chi connectivity index (χ4v) is 3.60. The minimum Gasteiger partial charge on any atom is -0.392 e. The van der Waals surface area contributed by atoms with Crippen molar-refractivity contribution < 1.29 is 0 Å². The van der Waals surface area contributed by atoms with Gasteiger partial charge in [-0.15, -0.1) is 0 Å². The Balaban J connectivity index is 2.01. The van der Waals surface area contributed by atoms with Crippen molar-refractivity contribution in [2.45, 2.75) is 32.7 Å². The number of piperazine rings is 1. The third-order valence-corrected chi connectivity index (χ3v) is 4.67. The molecule has 2 N–H and O–H groups in total. The van der Waals surface area contributed by atoms with Gasteiger partial charge >= 0.3 is 0 Å². The normalized spacial score (nSPS) is 17.8. The molecule has 21 heavy (non-hydrogen) atoms. The lowest BCUT2D eigenvalue weighted by Gasteiger charge is -2.39. The van der Waals surface area contributed by atoms with Crippen LogP contribution in [0, 0.1) is 6.92 Å². The molecule has 0 amide bonds. The fraction of sp³-hybridized carbons (Fsp3) is 0.600. The predicted octanol–water partition coefficient (Wildman–Crippen LogP) is 2.73. The molecule has 1 saturated heterocycles. The van der Waals surface area contributed by atoms with Crippen molar-refractivity contribution in [2.24, 2.45) is 5.73 Å². The molecular weight excluding hydrogens is 348 g/mol. The van der Waals surface area contributed by atoms with E-state index in [2.05, 4.69) is 50.6 Å². The maximum atomic E-state index is 5.90. The standard InChI is InChI=1S/C15H23BrN4S/c1-3-4-13(14(17)21)19-5-7-20(8-6-19)15-11(2)9-12(16)10-18-15/h9-10,13H,3-8H2,1-2H3,(H2,17,21). The topological polar surface area (TPSA) is 45.4 Å². The molecule has 1 fully saturated rings. The molecule has 0 spiro atoms. The molecular formula is C15H23BrN4S. The van der Waals surface area contributed by atoms with Gasteiger partial charge in [0.1, 0.15) is 5.82 Å². The first kappa shape index (κ1) is 16.6. The van der Waals surface area contributed by atoms with Crippen molar-refractivity contribution in [1.29, 1.82) is 0 Å². The van der Waals surface area contributed by atoms with Gasteiger partial charge in [0.05, 0.1) is 11.0 Å². The number of pyridine rings is 1. The van der Waals surface area contributed by atoms with Crippen LogP contribution >= 0.6 is 28.1 Å². The lowest BCUT2D eigenvalue weighted by atomic mass is 10.1. The average molecular weight is 371 g/mol. The van der Waals surface area contributed by atoms with Crippen LogP contribution in [0.15, 0.2) is 16.7 Å². The van der Waals surface area contributed by atoms with E-state index in [0.717, 1.165) is 49.3 Å². The zero-order valence-electron chi connectivity index (χ0n) is 12.7. The minimum atomic E-state index is 0.242. The summed E-state index contributed by atoms with van der Waals surface area (Å²) in [7, 11) is 0. The molecule has 0 aromatic carbocycles. The lowest BCUT2D eigenvalue weighted by molar-refractivity contribution is 0.219. The summed E-state index contributed by atoms with van der Waals surface area (Å²) >= 11 is 8.69. The van der Waals surface area contributed by atoms with Gasteiger partial charge in [0.2, 0.25) is 0 Å². The molecule has 116 valence electrons.